The minimum atomic E-state index is -3.36. The van der Waals surface area contributed by atoms with Crippen molar-refractivity contribution in [1.82, 2.24) is 0 Å². The highest BCUT2D eigenvalue weighted by molar-refractivity contribution is 7.92. The zero-order valence-electron chi connectivity index (χ0n) is 7.71. The van der Waals surface area contributed by atoms with Gasteiger partial charge in [0.15, 0.2) is 9.84 Å². The van der Waals surface area contributed by atoms with Gasteiger partial charge in [-0.15, -0.1) is 0 Å². The van der Waals surface area contributed by atoms with Gasteiger partial charge in [-0.05, 0) is 19.1 Å². The molecule has 0 aliphatic rings. The normalized spacial score (nSPS) is 12.8. The van der Waals surface area contributed by atoms with Crippen LogP contribution in [0.1, 0.15) is 6.92 Å². The summed E-state index contributed by atoms with van der Waals surface area (Å²) in [5.74, 6) is -0.256. The second kappa shape index (κ2) is 4.23. The summed E-state index contributed by atoms with van der Waals surface area (Å²) in [5.41, 5.74) is 0.175. The first-order chi connectivity index (χ1) is 6.56. The van der Waals surface area contributed by atoms with E-state index in [0.29, 0.717) is 0 Å². The highest BCUT2D eigenvalue weighted by Crippen LogP contribution is 2.09. The molecule has 0 radical (unpaired) electrons. The number of hydrogen-bond donors (Lipinski definition) is 1. The van der Waals surface area contributed by atoms with E-state index in [1.54, 1.807) is 18.2 Å². The van der Waals surface area contributed by atoms with Gasteiger partial charge in [0.2, 0.25) is 0 Å². The molecule has 1 rings (SSSR count). The van der Waals surface area contributed by atoms with Crippen LogP contribution in [-0.2, 0) is 9.84 Å². The van der Waals surface area contributed by atoms with Gasteiger partial charge in [-0.2, -0.15) is 0 Å². The van der Waals surface area contributed by atoms with Gasteiger partial charge in [-0.1, -0.05) is 23.4 Å². The molecule has 0 saturated heterocycles. The largest absolute Gasteiger partial charge is 0.411 e. The van der Waals surface area contributed by atoms with Crippen molar-refractivity contribution in [3.63, 3.8) is 0 Å². The summed E-state index contributed by atoms with van der Waals surface area (Å²) in [6.45, 7) is 1.46. The number of rotatable bonds is 3. The summed E-state index contributed by atoms with van der Waals surface area (Å²) in [7, 11) is -3.36. The molecular weight excluding hydrogens is 202 g/mol. The lowest BCUT2D eigenvalue weighted by Gasteiger charge is -2.01. The lowest BCUT2D eigenvalue weighted by molar-refractivity contribution is 0.318. The van der Waals surface area contributed by atoms with Crippen molar-refractivity contribution < 1.29 is 13.6 Å². The van der Waals surface area contributed by atoms with Crippen LogP contribution >= 0.6 is 0 Å². The van der Waals surface area contributed by atoms with Gasteiger partial charge in [-0.25, -0.2) is 8.42 Å². The maximum absolute atomic E-state index is 11.6. The Kier molecular flexibility index (Phi) is 3.24. The molecule has 4 nitrogen and oxygen atoms in total. The maximum Gasteiger partial charge on any atom is 0.183 e. The van der Waals surface area contributed by atoms with E-state index < -0.39 is 9.84 Å². The predicted molar refractivity (Wildman–Crippen MR) is 53.4 cm³/mol. The number of sulfone groups is 1. The summed E-state index contributed by atoms with van der Waals surface area (Å²) < 4.78 is 23.2. The van der Waals surface area contributed by atoms with Crippen LogP contribution in [0.2, 0.25) is 0 Å². The standard InChI is InChI=1S/C9H11NO3S/c1-8(10-11)7-14(12,13)9-5-3-2-4-6-9/h2-6,11H,7H2,1H3. The zero-order chi connectivity index (χ0) is 10.6. The molecular formula is C9H11NO3S. The summed E-state index contributed by atoms with van der Waals surface area (Å²) in [6.07, 6.45) is 0. The van der Waals surface area contributed by atoms with Crippen LogP contribution in [0, 0.1) is 0 Å². The molecule has 0 saturated carbocycles. The number of oxime groups is 1. The van der Waals surface area contributed by atoms with E-state index in [2.05, 4.69) is 5.16 Å². The highest BCUT2D eigenvalue weighted by atomic mass is 32.2. The fraction of sp³-hybridized carbons (Fsp3) is 0.222. The lowest BCUT2D eigenvalue weighted by Crippen LogP contribution is -2.13. The molecule has 76 valence electrons. The van der Waals surface area contributed by atoms with E-state index in [1.165, 1.54) is 19.1 Å². The first-order valence-corrected chi connectivity index (χ1v) is 5.67. The van der Waals surface area contributed by atoms with Gasteiger partial charge in [0.05, 0.1) is 16.4 Å². The SMILES string of the molecule is CC(CS(=O)(=O)c1ccccc1)=NO. The van der Waals surface area contributed by atoms with Crippen molar-refractivity contribution in [2.75, 3.05) is 5.75 Å². The minimum absolute atomic E-state index is 0.175. The third-order valence-corrected chi connectivity index (χ3v) is 3.46. The van der Waals surface area contributed by atoms with Gasteiger partial charge >= 0.3 is 0 Å². The lowest BCUT2D eigenvalue weighted by atomic mass is 10.4. The average molecular weight is 213 g/mol. The average Bonchev–Trinajstić information content (AvgIpc) is 2.18. The van der Waals surface area contributed by atoms with E-state index in [4.69, 9.17) is 5.21 Å². The quantitative estimate of drug-likeness (QED) is 0.467. The van der Waals surface area contributed by atoms with E-state index in [1.807, 2.05) is 0 Å². The molecule has 0 aliphatic heterocycles. The molecule has 0 unspecified atom stereocenters. The Morgan fingerprint density at radius 2 is 1.93 bits per heavy atom. The fourth-order valence-electron chi connectivity index (χ4n) is 1.02. The first-order valence-electron chi connectivity index (χ1n) is 4.01. The fourth-order valence-corrected chi connectivity index (χ4v) is 2.36. The summed E-state index contributed by atoms with van der Waals surface area (Å²) in [5, 5.41) is 11.2. The Morgan fingerprint density at radius 1 is 1.36 bits per heavy atom. The number of hydrogen-bond acceptors (Lipinski definition) is 4. The molecule has 0 bridgehead atoms. The van der Waals surface area contributed by atoms with Crippen molar-refractivity contribution in [2.24, 2.45) is 5.16 Å². The Morgan fingerprint density at radius 3 is 2.43 bits per heavy atom. The van der Waals surface area contributed by atoms with Crippen LogP contribution in [-0.4, -0.2) is 25.1 Å². The van der Waals surface area contributed by atoms with Gasteiger partial charge < -0.3 is 5.21 Å². The van der Waals surface area contributed by atoms with Crippen LogP contribution in [0.4, 0.5) is 0 Å². The zero-order valence-corrected chi connectivity index (χ0v) is 8.53. The molecule has 5 heteroatoms. The predicted octanol–water partition coefficient (Wildman–Crippen LogP) is 1.31. The van der Waals surface area contributed by atoms with Crippen molar-refractivity contribution >= 4 is 15.5 Å². The molecule has 1 aromatic carbocycles. The second-order valence-electron chi connectivity index (χ2n) is 2.91. The highest BCUT2D eigenvalue weighted by Gasteiger charge is 2.15. The summed E-state index contributed by atoms with van der Waals surface area (Å²) in [4.78, 5) is 0.239. The Hall–Kier alpha value is -1.36. The molecule has 1 N–H and O–H groups in total. The van der Waals surface area contributed by atoms with Gasteiger partial charge in [0.25, 0.3) is 0 Å². The first kappa shape index (κ1) is 10.7. The monoisotopic (exact) mass is 213 g/mol. The summed E-state index contributed by atoms with van der Waals surface area (Å²) in [6, 6.07) is 8.07. The van der Waals surface area contributed by atoms with E-state index in [0.717, 1.165) is 0 Å². The van der Waals surface area contributed by atoms with Crippen LogP contribution in [0.15, 0.2) is 40.4 Å². The second-order valence-corrected chi connectivity index (χ2v) is 4.90. The minimum Gasteiger partial charge on any atom is -0.411 e. The smallest absolute Gasteiger partial charge is 0.183 e. The van der Waals surface area contributed by atoms with Crippen LogP contribution in [0.5, 0.6) is 0 Å². The Balaban J connectivity index is 2.99. The van der Waals surface area contributed by atoms with Crippen LogP contribution in [0.3, 0.4) is 0 Å². The summed E-state index contributed by atoms with van der Waals surface area (Å²) >= 11 is 0. The van der Waals surface area contributed by atoms with Crippen LogP contribution < -0.4 is 0 Å². The Labute approximate surface area is 82.8 Å². The van der Waals surface area contributed by atoms with Crippen molar-refractivity contribution in [3.8, 4) is 0 Å². The molecule has 0 aliphatic carbocycles. The third kappa shape index (κ3) is 2.56. The molecule has 0 fully saturated rings. The molecule has 0 atom stereocenters. The van der Waals surface area contributed by atoms with Gasteiger partial charge in [0.1, 0.15) is 0 Å². The van der Waals surface area contributed by atoms with Crippen molar-refractivity contribution in [2.45, 2.75) is 11.8 Å². The number of benzene rings is 1. The van der Waals surface area contributed by atoms with Gasteiger partial charge in [-0.3, -0.25) is 0 Å². The van der Waals surface area contributed by atoms with Gasteiger partial charge in [0, 0.05) is 0 Å². The topological polar surface area (TPSA) is 66.7 Å². The molecule has 0 heterocycles. The molecule has 14 heavy (non-hydrogen) atoms. The third-order valence-electron chi connectivity index (χ3n) is 1.67. The van der Waals surface area contributed by atoms with E-state index in [-0.39, 0.29) is 16.4 Å². The van der Waals surface area contributed by atoms with Crippen LogP contribution in [0.25, 0.3) is 0 Å². The van der Waals surface area contributed by atoms with E-state index in [9.17, 15) is 8.42 Å². The maximum atomic E-state index is 11.6. The Bertz CT molecular complexity index is 423. The molecule has 0 amide bonds. The molecule has 1 aromatic rings. The number of nitrogens with zero attached hydrogens (tertiary/aromatic N) is 1. The van der Waals surface area contributed by atoms with Crippen molar-refractivity contribution in [1.29, 1.82) is 0 Å². The molecule has 0 aromatic heterocycles. The van der Waals surface area contributed by atoms with E-state index >= 15 is 0 Å². The van der Waals surface area contributed by atoms with Crippen molar-refractivity contribution in [3.05, 3.63) is 30.3 Å². The molecule has 0 spiro atoms.